The van der Waals surface area contributed by atoms with Gasteiger partial charge < -0.3 is 9.80 Å². The van der Waals surface area contributed by atoms with Crippen molar-refractivity contribution in [1.82, 2.24) is 9.80 Å². The largest absolute Gasteiger partial charge is 0.340 e. The highest BCUT2D eigenvalue weighted by atomic mass is 32.1. The number of nitrogens with zero attached hydrogens (tertiary/aromatic N) is 2. The van der Waals surface area contributed by atoms with E-state index < -0.39 is 0 Å². The molecule has 2 amide bonds. The van der Waals surface area contributed by atoms with Crippen molar-refractivity contribution in [2.75, 3.05) is 27.2 Å². The van der Waals surface area contributed by atoms with Crippen LogP contribution in [0, 0.1) is 10.8 Å². The van der Waals surface area contributed by atoms with Crippen molar-refractivity contribution in [1.29, 1.82) is 0 Å². The Kier molecular flexibility index (Phi) is 5.26. The summed E-state index contributed by atoms with van der Waals surface area (Å²) in [6.45, 7) is 4.91. The summed E-state index contributed by atoms with van der Waals surface area (Å²) >= 11 is 10.8. The van der Waals surface area contributed by atoms with Gasteiger partial charge in [0.05, 0.1) is 13.1 Å². The minimum absolute atomic E-state index is 0.166. The molecule has 2 fully saturated rings. The van der Waals surface area contributed by atoms with E-state index in [2.05, 4.69) is 0 Å². The van der Waals surface area contributed by atoms with Gasteiger partial charge in [-0.05, 0) is 25.7 Å². The summed E-state index contributed by atoms with van der Waals surface area (Å²) in [5.41, 5.74) is -0.339. The highest BCUT2D eigenvalue weighted by molar-refractivity contribution is 7.82. The van der Waals surface area contributed by atoms with Crippen LogP contribution in [0.15, 0.2) is 0 Å². The normalized spacial score (nSPS) is 19.7. The third-order valence-corrected chi connectivity index (χ3v) is 5.49. The summed E-state index contributed by atoms with van der Waals surface area (Å²) in [5.74, 6) is 0.333. The molecule has 0 aliphatic heterocycles. The number of amides is 2. The van der Waals surface area contributed by atoms with Crippen LogP contribution in [0.1, 0.15) is 46.0 Å². The van der Waals surface area contributed by atoms with E-state index in [0.717, 1.165) is 35.4 Å². The number of carbonyl (C=O) groups is 2. The van der Waals surface area contributed by atoms with Gasteiger partial charge in [0.1, 0.15) is 0 Å². The van der Waals surface area contributed by atoms with Crippen LogP contribution in [-0.2, 0) is 9.59 Å². The van der Waals surface area contributed by atoms with E-state index in [4.69, 9.17) is 24.4 Å². The van der Waals surface area contributed by atoms with Crippen molar-refractivity contribution >= 4 is 46.0 Å². The Labute approximate surface area is 149 Å². The van der Waals surface area contributed by atoms with E-state index in [0.29, 0.717) is 19.5 Å². The molecule has 0 unspecified atom stereocenters. The maximum absolute atomic E-state index is 12.2. The first-order chi connectivity index (χ1) is 10.6. The molecular formula is C17H26N2O2S2. The van der Waals surface area contributed by atoms with Gasteiger partial charge in [-0.15, -0.1) is 0 Å². The van der Waals surface area contributed by atoms with Crippen molar-refractivity contribution in [3.05, 3.63) is 0 Å². The summed E-state index contributed by atoms with van der Waals surface area (Å²) < 4.78 is 0. The van der Waals surface area contributed by atoms with Crippen LogP contribution in [0.5, 0.6) is 0 Å². The molecule has 0 aromatic rings. The van der Waals surface area contributed by atoms with E-state index in [1.165, 1.54) is 0 Å². The monoisotopic (exact) mass is 354 g/mol. The van der Waals surface area contributed by atoms with Crippen LogP contribution in [0.25, 0.3) is 0 Å². The standard InChI is InChI=1S/C17H26N2O2S2/c1-16(5-6-16)14(20)18(3)10-12(22)9-13(23)11-19(4)15(21)17(2)7-8-17/h5-11H2,1-4H3. The van der Waals surface area contributed by atoms with Crippen LogP contribution in [-0.4, -0.2) is 58.5 Å². The van der Waals surface area contributed by atoms with Crippen molar-refractivity contribution in [3.63, 3.8) is 0 Å². The minimum atomic E-state index is -0.169. The van der Waals surface area contributed by atoms with E-state index in [1.54, 1.807) is 23.9 Å². The fourth-order valence-electron chi connectivity index (χ4n) is 2.73. The molecule has 0 aromatic carbocycles. The maximum atomic E-state index is 12.2. The van der Waals surface area contributed by atoms with Crippen LogP contribution in [0.4, 0.5) is 0 Å². The Morgan fingerprint density at radius 2 is 1.13 bits per heavy atom. The number of rotatable bonds is 8. The minimum Gasteiger partial charge on any atom is -0.340 e. The summed E-state index contributed by atoms with van der Waals surface area (Å²) in [7, 11) is 3.59. The number of thiocarbonyl (C=S) groups is 2. The molecular weight excluding hydrogens is 328 g/mol. The highest BCUT2D eigenvalue weighted by Crippen LogP contribution is 2.46. The molecule has 0 radical (unpaired) electrons. The molecule has 2 saturated carbocycles. The van der Waals surface area contributed by atoms with Crippen molar-refractivity contribution in [3.8, 4) is 0 Å². The van der Waals surface area contributed by atoms with Crippen molar-refractivity contribution < 1.29 is 9.59 Å². The van der Waals surface area contributed by atoms with Gasteiger partial charge in [0.25, 0.3) is 0 Å². The lowest BCUT2D eigenvalue weighted by atomic mass is 10.1. The van der Waals surface area contributed by atoms with Crippen molar-refractivity contribution in [2.45, 2.75) is 46.0 Å². The van der Waals surface area contributed by atoms with Gasteiger partial charge in [-0.25, -0.2) is 0 Å². The quantitative estimate of drug-likeness (QED) is 0.628. The van der Waals surface area contributed by atoms with E-state index in [9.17, 15) is 9.59 Å². The molecule has 2 rings (SSSR count). The zero-order valence-corrected chi connectivity index (χ0v) is 16.1. The van der Waals surface area contributed by atoms with Crippen molar-refractivity contribution in [2.24, 2.45) is 10.8 Å². The van der Waals surface area contributed by atoms with Crippen LogP contribution < -0.4 is 0 Å². The Morgan fingerprint density at radius 1 is 0.826 bits per heavy atom. The third-order valence-electron chi connectivity index (χ3n) is 4.95. The average Bonchev–Trinajstić information content (AvgIpc) is 3.37. The SMILES string of the molecule is CN(CC(=S)CC(=S)CN(C)C(=O)C1(C)CC1)C(=O)C1(C)CC1. The topological polar surface area (TPSA) is 40.6 Å². The summed E-state index contributed by atoms with van der Waals surface area (Å²) in [5, 5.41) is 0. The fraction of sp³-hybridized carbons (Fsp3) is 0.765. The number of carbonyl (C=O) groups excluding carboxylic acids is 2. The molecule has 0 bridgehead atoms. The van der Waals surface area contributed by atoms with Gasteiger partial charge in [-0.3, -0.25) is 9.59 Å². The fourth-order valence-corrected chi connectivity index (χ4v) is 3.56. The molecule has 0 N–H and O–H groups in total. The lowest BCUT2D eigenvalue weighted by Crippen LogP contribution is -2.38. The molecule has 0 aromatic heterocycles. The molecule has 0 heterocycles. The van der Waals surface area contributed by atoms with E-state index in [1.807, 2.05) is 13.8 Å². The van der Waals surface area contributed by atoms with Crippen LogP contribution in [0.3, 0.4) is 0 Å². The summed E-state index contributed by atoms with van der Waals surface area (Å²) in [6.07, 6.45) is 4.37. The van der Waals surface area contributed by atoms with Gasteiger partial charge in [-0.1, -0.05) is 38.3 Å². The van der Waals surface area contributed by atoms with Crippen LogP contribution in [0.2, 0.25) is 0 Å². The maximum Gasteiger partial charge on any atom is 0.228 e. The van der Waals surface area contributed by atoms with Gasteiger partial charge in [-0.2, -0.15) is 0 Å². The van der Waals surface area contributed by atoms with Gasteiger partial charge in [0, 0.05) is 41.1 Å². The van der Waals surface area contributed by atoms with E-state index in [-0.39, 0.29) is 22.6 Å². The lowest BCUT2D eigenvalue weighted by Gasteiger charge is -2.23. The molecule has 6 heteroatoms. The first-order valence-corrected chi connectivity index (χ1v) is 8.94. The van der Waals surface area contributed by atoms with E-state index >= 15 is 0 Å². The Bertz CT molecular complexity index is 503. The first-order valence-electron chi connectivity index (χ1n) is 8.12. The molecule has 2 aliphatic carbocycles. The zero-order chi connectivity index (χ0) is 17.4. The zero-order valence-electron chi connectivity index (χ0n) is 14.5. The Morgan fingerprint density at radius 3 is 1.39 bits per heavy atom. The molecule has 4 nitrogen and oxygen atoms in total. The van der Waals surface area contributed by atoms with Gasteiger partial charge in [0.2, 0.25) is 11.8 Å². The number of hydrogen-bond acceptors (Lipinski definition) is 4. The Balaban J connectivity index is 1.75. The second kappa shape index (κ2) is 6.55. The number of hydrogen-bond donors (Lipinski definition) is 0. The molecule has 0 atom stereocenters. The summed E-state index contributed by atoms with van der Waals surface area (Å²) in [6, 6.07) is 0. The molecule has 2 aliphatic rings. The highest BCUT2D eigenvalue weighted by Gasteiger charge is 2.47. The third kappa shape index (κ3) is 4.57. The second-order valence-electron chi connectivity index (χ2n) is 7.70. The summed E-state index contributed by atoms with van der Waals surface area (Å²) in [4.78, 5) is 29.4. The first kappa shape index (κ1) is 18.5. The second-order valence-corrected chi connectivity index (χ2v) is 8.85. The predicted octanol–water partition coefficient (Wildman–Crippen LogP) is 2.63. The lowest BCUT2D eigenvalue weighted by molar-refractivity contribution is -0.134. The van der Waals surface area contributed by atoms with Gasteiger partial charge in [0.15, 0.2) is 0 Å². The average molecular weight is 355 g/mol. The van der Waals surface area contributed by atoms with Crippen LogP contribution >= 0.6 is 24.4 Å². The Hall–Kier alpha value is -0.880. The van der Waals surface area contributed by atoms with Gasteiger partial charge >= 0.3 is 0 Å². The molecule has 128 valence electrons. The molecule has 0 spiro atoms. The predicted molar refractivity (Wildman–Crippen MR) is 99.8 cm³/mol. The molecule has 23 heavy (non-hydrogen) atoms. The molecule has 0 saturated heterocycles. The smallest absolute Gasteiger partial charge is 0.228 e.